The van der Waals surface area contributed by atoms with Crippen LogP contribution in [0.25, 0.3) is 21.2 Å². The lowest BCUT2D eigenvalue weighted by atomic mass is 9.97. The van der Waals surface area contributed by atoms with E-state index >= 15 is 0 Å². The Morgan fingerprint density at radius 3 is 2.82 bits per heavy atom. The molecule has 1 fully saturated rings. The lowest BCUT2D eigenvalue weighted by molar-refractivity contribution is 0.0330. The fraction of sp³-hybridized carbons (Fsp3) is 0.400. The average molecular weight is 498 g/mol. The van der Waals surface area contributed by atoms with Crippen LogP contribution in [0, 0.1) is 6.92 Å². The molecular weight excluding hydrogens is 474 g/mol. The molecule has 0 amide bonds. The summed E-state index contributed by atoms with van der Waals surface area (Å²) < 4.78 is 17.3. The summed E-state index contributed by atoms with van der Waals surface area (Å²) in [6.07, 6.45) is 4.40. The lowest BCUT2D eigenvalue weighted by Crippen LogP contribution is -2.36. The summed E-state index contributed by atoms with van der Waals surface area (Å²) in [7, 11) is 0. The highest BCUT2D eigenvalue weighted by atomic mass is 35.5. The number of rotatable bonds is 4. The number of hydrogen-bond acceptors (Lipinski definition) is 8. The molecular formula is C25H24ClN3O4S. The van der Waals surface area contributed by atoms with Crippen molar-refractivity contribution in [2.24, 2.45) is 0 Å². The Morgan fingerprint density at radius 1 is 1.15 bits per heavy atom. The summed E-state index contributed by atoms with van der Waals surface area (Å²) in [5, 5.41) is 2.20. The average Bonchev–Trinajstić information content (AvgIpc) is 3.19. The van der Waals surface area contributed by atoms with Crippen molar-refractivity contribution < 1.29 is 13.9 Å². The molecule has 7 nitrogen and oxygen atoms in total. The van der Waals surface area contributed by atoms with Crippen LogP contribution in [0.4, 0.5) is 0 Å². The van der Waals surface area contributed by atoms with Gasteiger partial charge in [-0.05, 0) is 49.8 Å². The van der Waals surface area contributed by atoms with Crippen molar-refractivity contribution in [1.82, 2.24) is 14.9 Å². The summed E-state index contributed by atoms with van der Waals surface area (Å²) in [5.74, 6) is 1.65. The van der Waals surface area contributed by atoms with Crippen LogP contribution in [0.2, 0.25) is 5.02 Å². The van der Waals surface area contributed by atoms with E-state index in [1.54, 1.807) is 23.5 Å². The molecule has 1 aliphatic heterocycles. The zero-order valence-electron chi connectivity index (χ0n) is 18.9. The first-order valence-electron chi connectivity index (χ1n) is 11.6. The minimum Gasteiger partial charge on any atom is -0.436 e. The van der Waals surface area contributed by atoms with Gasteiger partial charge in [0.05, 0.1) is 30.2 Å². The fourth-order valence-corrected chi connectivity index (χ4v) is 6.24. The SMILES string of the molecule is Cc1cc(=O)oc2cc(Oc3nc(CN4CCOCC4)nc4sc5c(c34)CCCC5)c(Cl)cc12. The second kappa shape index (κ2) is 8.92. The minimum absolute atomic E-state index is 0.401. The molecule has 176 valence electrons. The first-order chi connectivity index (χ1) is 16.5. The number of thiophene rings is 1. The number of benzene rings is 1. The minimum atomic E-state index is -0.401. The topological polar surface area (TPSA) is 77.7 Å². The largest absolute Gasteiger partial charge is 0.436 e. The molecule has 1 aliphatic carbocycles. The van der Waals surface area contributed by atoms with Crippen LogP contribution in [-0.4, -0.2) is 41.2 Å². The second-order valence-electron chi connectivity index (χ2n) is 8.85. The molecule has 0 atom stereocenters. The van der Waals surface area contributed by atoms with Gasteiger partial charge in [0.25, 0.3) is 0 Å². The third-order valence-electron chi connectivity index (χ3n) is 6.51. The maximum atomic E-state index is 11.9. The van der Waals surface area contributed by atoms with Gasteiger partial charge in [0.2, 0.25) is 5.88 Å². The van der Waals surface area contributed by atoms with Gasteiger partial charge in [-0.1, -0.05) is 11.6 Å². The van der Waals surface area contributed by atoms with Crippen LogP contribution in [-0.2, 0) is 24.1 Å². The van der Waals surface area contributed by atoms with E-state index in [2.05, 4.69) is 4.90 Å². The quantitative estimate of drug-likeness (QED) is 0.356. The van der Waals surface area contributed by atoms with Gasteiger partial charge >= 0.3 is 5.63 Å². The lowest BCUT2D eigenvalue weighted by Gasteiger charge is -2.25. The van der Waals surface area contributed by atoms with Gasteiger partial charge in [-0.15, -0.1) is 11.3 Å². The molecule has 9 heteroatoms. The van der Waals surface area contributed by atoms with Gasteiger partial charge in [-0.2, -0.15) is 4.98 Å². The predicted molar refractivity (Wildman–Crippen MR) is 132 cm³/mol. The molecule has 0 spiro atoms. The van der Waals surface area contributed by atoms with Crippen LogP contribution >= 0.6 is 22.9 Å². The number of ether oxygens (including phenoxy) is 2. The fourth-order valence-electron chi connectivity index (χ4n) is 4.77. The Bertz CT molecular complexity index is 1460. The molecule has 0 radical (unpaired) electrons. The molecule has 4 heterocycles. The number of nitrogens with zero attached hydrogens (tertiary/aromatic N) is 3. The smallest absolute Gasteiger partial charge is 0.336 e. The van der Waals surface area contributed by atoms with Gasteiger partial charge in [-0.25, -0.2) is 9.78 Å². The highest BCUT2D eigenvalue weighted by Gasteiger charge is 2.24. The van der Waals surface area contributed by atoms with E-state index < -0.39 is 5.63 Å². The van der Waals surface area contributed by atoms with Crippen LogP contribution < -0.4 is 10.4 Å². The molecule has 1 aromatic carbocycles. The number of aromatic nitrogens is 2. The van der Waals surface area contributed by atoms with Gasteiger partial charge in [-0.3, -0.25) is 4.90 Å². The summed E-state index contributed by atoms with van der Waals surface area (Å²) in [6, 6.07) is 4.92. The van der Waals surface area contributed by atoms with Gasteiger partial charge in [0.1, 0.15) is 16.2 Å². The maximum Gasteiger partial charge on any atom is 0.336 e. The van der Waals surface area contributed by atoms with Crippen molar-refractivity contribution >= 4 is 44.1 Å². The van der Waals surface area contributed by atoms with Crippen LogP contribution in [0.1, 0.15) is 34.7 Å². The molecule has 0 bridgehead atoms. The highest BCUT2D eigenvalue weighted by Crippen LogP contribution is 2.42. The van der Waals surface area contributed by atoms with Crippen molar-refractivity contribution in [3.8, 4) is 11.6 Å². The molecule has 6 rings (SSSR count). The summed E-state index contributed by atoms with van der Waals surface area (Å²) in [6.45, 7) is 5.64. The summed E-state index contributed by atoms with van der Waals surface area (Å²) in [5.41, 5.74) is 2.14. The zero-order chi connectivity index (χ0) is 23.2. The van der Waals surface area contributed by atoms with Crippen LogP contribution in [0.3, 0.4) is 0 Å². The van der Waals surface area contributed by atoms with Crippen molar-refractivity contribution in [2.45, 2.75) is 39.2 Å². The van der Waals surface area contributed by atoms with E-state index in [1.165, 1.54) is 22.9 Å². The van der Waals surface area contributed by atoms with E-state index in [0.717, 1.165) is 72.6 Å². The molecule has 3 aromatic heterocycles. The Hall–Kier alpha value is -2.52. The van der Waals surface area contributed by atoms with Crippen molar-refractivity contribution in [3.05, 3.63) is 55.5 Å². The Balaban J connectivity index is 1.46. The van der Waals surface area contributed by atoms with E-state index in [0.29, 0.717) is 28.8 Å². The van der Waals surface area contributed by atoms with Crippen molar-refractivity contribution in [2.75, 3.05) is 26.3 Å². The van der Waals surface area contributed by atoms with Crippen LogP contribution in [0.15, 0.2) is 27.4 Å². The van der Waals surface area contributed by atoms with Gasteiger partial charge in [0, 0.05) is 35.5 Å². The number of halogens is 1. The molecule has 0 saturated carbocycles. The standard InChI is InChI=1S/C25H24ClN3O4S/c1-14-10-22(30)32-18-12-19(17(26)11-16(14)18)33-24-23-15-4-2-3-5-20(15)34-25(23)28-21(27-24)13-29-6-8-31-9-7-29/h10-12H,2-9,13H2,1H3. The number of aryl methyl sites for hydroxylation is 3. The molecule has 2 aliphatic rings. The molecule has 34 heavy (non-hydrogen) atoms. The molecule has 1 saturated heterocycles. The molecule has 0 unspecified atom stereocenters. The second-order valence-corrected chi connectivity index (χ2v) is 10.3. The van der Waals surface area contributed by atoms with E-state index in [9.17, 15) is 4.79 Å². The van der Waals surface area contributed by atoms with E-state index in [4.69, 9.17) is 35.5 Å². The van der Waals surface area contributed by atoms with Crippen LogP contribution in [0.5, 0.6) is 11.6 Å². The third kappa shape index (κ3) is 4.09. The summed E-state index contributed by atoms with van der Waals surface area (Å²) >= 11 is 8.37. The number of hydrogen-bond donors (Lipinski definition) is 0. The monoisotopic (exact) mass is 497 g/mol. The van der Waals surface area contributed by atoms with E-state index in [1.807, 2.05) is 6.92 Å². The van der Waals surface area contributed by atoms with Gasteiger partial charge < -0.3 is 13.9 Å². The Labute approximate surface area is 205 Å². The third-order valence-corrected chi connectivity index (χ3v) is 7.99. The zero-order valence-corrected chi connectivity index (χ0v) is 20.4. The normalized spacial score (nSPS) is 16.8. The van der Waals surface area contributed by atoms with Crippen molar-refractivity contribution in [3.63, 3.8) is 0 Å². The number of fused-ring (bicyclic) bond motifs is 4. The Kier molecular flexibility index (Phi) is 5.77. The molecule has 0 N–H and O–H groups in total. The molecule has 4 aromatic rings. The Morgan fingerprint density at radius 2 is 1.97 bits per heavy atom. The number of morpholine rings is 1. The van der Waals surface area contributed by atoms with E-state index in [-0.39, 0.29) is 0 Å². The highest BCUT2D eigenvalue weighted by molar-refractivity contribution is 7.18. The maximum absolute atomic E-state index is 11.9. The predicted octanol–water partition coefficient (Wildman–Crippen LogP) is 5.26. The van der Waals surface area contributed by atoms with Gasteiger partial charge in [0.15, 0.2) is 5.75 Å². The van der Waals surface area contributed by atoms with Crippen molar-refractivity contribution in [1.29, 1.82) is 0 Å². The summed E-state index contributed by atoms with van der Waals surface area (Å²) in [4.78, 5) is 26.3. The first kappa shape index (κ1) is 22.0. The first-order valence-corrected chi connectivity index (χ1v) is 12.8.